The molecule has 0 N–H and O–H groups in total. The zero-order chi connectivity index (χ0) is 18.9. The molecule has 0 radical (unpaired) electrons. The summed E-state index contributed by atoms with van der Waals surface area (Å²) in [5.74, 6) is -0.659. The predicted molar refractivity (Wildman–Crippen MR) is 84.4 cm³/mol. The number of ether oxygens (including phenoxy) is 1. The normalized spacial score (nSPS) is 18.7. The molecule has 1 aliphatic heterocycles. The van der Waals surface area contributed by atoms with E-state index in [0.717, 1.165) is 12.1 Å². The molecule has 0 aliphatic carbocycles. The third kappa shape index (κ3) is 3.47. The van der Waals surface area contributed by atoms with E-state index in [1.165, 1.54) is 36.0 Å². The summed E-state index contributed by atoms with van der Waals surface area (Å²) in [5, 5.41) is 0. The lowest BCUT2D eigenvalue weighted by Crippen LogP contribution is -2.47. The van der Waals surface area contributed by atoms with E-state index in [4.69, 9.17) is 4.74 Å². The number of carbonyl (C=O) groups excluding carboxylic acids is 2. The maximum atomic E-state index is 13.0. The number of allylic oxidation sites excluding steroid dienone is 1. The van der Waals surface area contributed by atoms with E-state index in [2.05, 4.69) is 0 Å². The van der Waals surface area contributed by atoms with Crippen molar-refractivity contribution < 1.29 is 27.5 Å². The van der Waals surface area contributed by atoms with Crippen LogP contribution < -0.4 is 0 Å². The first-order chi connectivity index (χ1) is 11.6. The minimum atomic E-state index is -4.52. The monoisotopic (exact) mass is 356 g/mol. The van der Waals surface area contributed by atoms with Crippen LogP contribution in [-0.2, 0) is 15.7 Å². The Kier molecular flexibility index (Phi) is 5.10. The van der Waals surface area contributed by atoms with Crippen LogP contribution in [0.15, 0.2) is 35.5 Å². The van der Waals surface area contributed by atoms with Crippen molar-refractivity contribution in [3.05, 3.63) is 46.7 Å². The summed E-state index contributed by atoms with van der Waals surface area (Å²) in [4.78, 5) is 27.3. The number of likely N-dealkylation sites (N-methyl/N-ethyl adjacent to an activating group) is 1. The number of nitrogens with zero attached hydrogens (tertiary/aromatic N) is 2. The van der Waals surface area contributed by atoms with Crippen molar-refractivity contribution in [3.8, 4) is 0 Å². The van der Waals surface area contributed by atoms with Crippen LogP contribution >= 0.6 is 0 Å². The molecule has 1 aromatic rings. The van der Waals surface area contributed by atoms with Gasteiger partial charge in [-0.3, -0.25) is 0 Å². The van der Waals surface area contributed by atoms with E-state index in [0.29, 0.717) is 5.70 Å². The topological polar surface area (TPSA) is 49.9 Å². The van der Waals surface area contributed by atoms with Crippen molar-refractivity contribution in [1.82, 2.24) is 9.80 Å². The van der Waals surface area contributed by atoms with Gasteiger partial charge >= 0.3 is 18.2 Å². The number of esters is 1. The van der Waals surface area contributed by atoms with Crippen LogP contribution in [0.25, 0.3) is 0 Å². The van der Waals surface area contributed by atoms with Crippen molar-refractivity contribution in [2.24, 2.45) is 0 Å². The molecule has 136 valence electrons. The summed E-state index contributed by atoms with van der Waals surface area (Å²) in [6.07, 6.45) is -4.52. The number of rotatable bonds is 3. The molecule has 0 spiro atoms. The van der Waals surface area contributed by atoms with Crippen LogP contribution in [0.4, 0.5) is 18.0 Å². The molecule has 25 heavy (non-hydrogen) atoms. The maximum absolute atomic E-state index is 13.0. The summed E-state index contributed by atoms with van der Waals surface area (Å²) in [7, 11) is 2.94. The number of urea groups is 1. The summed E-state index contributed by atoms with van der Waals surface area (Å²) in [5.41, 5.74) is -0.151. The van der Waals surface area contributed by atoms with Gasteiger partial charge in [0.1, 0.15) is 0 Å². The zero-order valence-electron chi connectivity index (χ0n) is 14.3. The molecule has 0 fully saturated rings. The number of alkyl halides is 3. The quantitative estimate of drug-likeness (QED) is 0.778. The minimum absolute atomic E-state index is 0.117. The molecule has 1 unspecified atom stereocenters. The first-order valence-electron chi connectivity index (χ1n) is 7.65. The summed E-state index contributed by atoms with van der Waals surface area (Å²) in [6, 6.07) is 3.24. The SMILES string of the molecule is CCOC(=O)C1=C(C)N(C)C(=O)N(C)C1c1cccc(C(F)(F)F)c1. The number of amides is 2. The second-order valence-corrected chi connectivity index (χ2v) is 5.70. The van der Waals surface area contributed by atoms with Crippen molar-refractivity contribution in [2.45, 2.75) is 26.1 Å². The maximum Gasteiger partial charge on any atom is 0.416 e. The number of carbonyl (C=O) groups is 2. The van der Waals surface area contributed by atoms with Crippen LogP contribution in [-0.4, -0.2) is 42.5 Å². The van der Waals surface area contributed by atoms with E-state index in [-0.39, 0.29) is 17.7 Å². The molecule has 8 heteroatoms. The summed E-state index contributed by atoms with van der Waals surface area (Å²) in [6.45, 7) is 3.32. The second-order valence-electron chi connectivity index (χ2n) is 5.70. The van der Waals surface area contributed by atoms with Gasteiger partial charge in [0.2, 0.25) is 0 Å². The van der Waals surface area contributed by atoms with E-state index < -0.39 is 29.8 Å². The highest BCUT2D eigenvalue weighted by Gasteiger charge is 2.40. The highest BCUT2D eigenvalue weighted by Crippen LogP contribution is 2.38. The summed E-state index contributed by atoms with van der Waals surface area (Å²) < 4.78 is 44.1. The smallest absolute Gasteiger partial charge is 0.416 e. The fourth-order valence-corrected chi connectivity index (χ4v) is 2.81. The Labute approximate surface area is 143 Å². The van der Waals surface area contributed by atoms with E-state index in [1.807, 2.05) is 0 Å². The van der Waals surface area contributed by atoms with Crippen LogP contribution in [0.3, 0.4) is 0 Å². The zero-order valence-corrected chi connectivity index (χ0v) is 14.3. The predicted octanol–water partition coefficient (Wildman–Crippen LogP) is 3.58. The molecule has 1 aromatic carbocycles. The van der Waals surface area contributed by atoms with Gasteiger partial charge in [0.05, 0.1) is 23.8 Å². The summed E-state index contributed by atoms with van der Waals surface area (Å²) >= 11 is 0. The van der Waals surface area contributed by atoms with Gasteiger partial charge in [-0.05, 0) is 31.5 Å². The Bertz CT molecular complexity index is 728. The van der Waals surface area contributed by atoms with Crippen LogP contribution in [0, 0.1) is 0 Å². The lowest BCUT2D eigenvalue weighted by Gasteiger charge is -2.39. The van der Waals surface area contributed by atoms with Gasteiger partial charge in [-0.25, -0.2) is 9.59 Å². The Morgan fingerprint density at radius 3 is 2.48 bits per heavy atom. The minimum Gasteiger partial charge on any atom is -0.463 e. The van der Waals surface area contributed by atoms with E-state index >= 15 is 0 Å². The number of hydrogen-bond donors (Lipinski definition) is 0. The van der Waals surface area contributed by atoms with Crippen molar-refractivity contribution in [3.63, 3.8) is 0 Å². The van der Waals surface area contributed by atoms with Crippen LogP contribution in [0.1, 0.15) is 31.0 Å². The van der Waals surface area contributed by atoms with Crippen LogP contribution in [0.5, 0.6) is 0 Å². The average Bonchev–Trinajstić information content (AvgIpc) is 2.55. The average molecular weight is 356 g/mol. The highest BCUT2D eigenvalue weighted by molar-refractivity contribution is 5.94. The molecule has 0 bridgehead atoms. The molecule has 5 nitrogen and oxygen atoms in total. The van der Waals surface area contributed by atoms with E-state index in [9.17, 15) is 22.8 Å². The molecular weight excluding hydrogens is 337 g/mol. The molecule has 2 rings (SSSR count). The molecular formula is C17H19F3N2O3. The Morgan fingerprint density at radius 2 is 1.92 bits per heavy atom. The third-order valence-corrected chi connectivity index (χ3v) is 4.17. The van der Waals surface area contributed by atoms with E-state index in [1.54, 1.807) is 13.8 Å². The van der Waals surface area contributed by atoms with Gasteiger partial charge in [0.25, 0.3) is 0 Å². The van der Waals surface area contributed by atoms with Crippen molar-refractivity contribution in [1.29, 1.82) is 0 Å². The molecule has 1 atom stereocenters. The number of hydrogen-bond acceptors (Lipinski definition) is 3. The van der Waals surface area contributed by atoms with Gasteiger partial charge in [-0.2, -0.15) is 13.2 Å². The van der Waals surface area contributed by atoms with Gasteiger partial charge < -0.3 is 14.5 Å². The Balaban J connectivity index is 2.63. The number of benzene rings is 1. The number of halogens is 3. The molecule has 2 amide bonds. The third-order valence-electron chi connectivity index (χ3n) is 4.17. The molecule has 0 saturated heterocycles. The lowest BCUT2D eigenvalue weighted by atomic mass is 9.92. The van der Waals surface area contributed by atoms with Crippen molar-refractivity contribution in [2.75, 3.05) is 20.7 Å². The van der Waals surface area contributed by atoms with Gasteiger partial charge in [-0.15, -0.1) is 0 Å². The fraction of sp³-hybridized carbons (Fsp3) is 0.412. The van der Waals surface area contributed by atoms with Gasteiger partial charge in [0, 0.05) is 19.8 Å². The molecule has 1 heterocycles. The molecule has 1 aliphatic rings. The standard InChI is InChI=1S/C17H19F3N2O3/c1-5-25-15(23)13-10(2)21(3)16(24)22(4)14(13)11-7-6-8-12(9-11)17(18,19)20/h6-9,14H,5H2,1-4H3. The largest absolute Gasteiger partial charge is 0.463 e. The highest BCUT2D eigenvalue weighted by atomic mass is 19.4. The molecule has 0 saturated carbocycles. The van der Waals surface area contributed by atoms with Gasteiger partial charge in [-0.1, -0.05) is 12.1 Å². The second kappa shape index (κ2) is 6.78. The van der Waals surface area contributed by atoms with Crippen molar-refractivity contribution >= 4 is 12.0 Å². The Morgan fingerprint density at radius 1 is 1.28 bits per heavy atom. The van der Waals surface area contributed by atoms with Crippen LogP contribution in [0.2, 0.25) is 0 Å². The fourth-order valence-electron chi connectivity index (χ4n) is 2.81. The Hall–Kier alpha value is -2.51. The van der Waals surface area contributed by atoms with Gasteiger partial charge in [0.15, 0.2) is 0 Å². The lowest BCUT2D eigenvalue weighted by molar-refractivity contribution is -0.139. The first kappa shape index (κ1) is 18.8. The molecule has 0 aromatic heterocycles. The first-order valence-corrected chi connectivity index (χ1v) is 7.65.